The van der Waals surface area contributed by atoms with Gasteiger partial charge in [-0.2, -0.15) is 0 Å². The van der Waals surface area contributed by atoms with Crippen LogP contribution >= 0.6 is 11.3 Å². The van der Waals surface area contributed by atoms with Crippen LogP contribution in [0.3, 0.4) is 0 Å². The number of anilines is 1. The molecular weight excluding hydrogens is 488 g/mol. The van der Waals surface area contributed by atoms with Gasteiger partial charge in [-0.25, -0.2) is 4.98 Å². The number of hydrogen-bond acceptors (Lipinski definition) is 7. The van der Waals surface area contributed by atoms with Crippen LogP contribution in [0.1, 0.15) is 34.6 Å². The molecule has 0 saturated heterocycles. The molecule has 1 aliphatic rings. The number of thiazole rings is 1. The summed E-state index contributed by atoms with van der Waals surface area (Å²) in [5.74, 6) is 0.951. The molecule has 3 aromatic carbocycles. The summed E-state index contributed by atoms with van der Waals surface area (Å²) >= 11 is 1.36. The fraction of sp³-hybridized carbons (Fsp3) is 0.138. The third-order valence-electron chi connectivity index (χ3n) is 6.19. The zero-order valence-electron chi connectivity index (χ0n) is 20.0. The van der Waals surface area contributed by atoms with E-state index in [1.807, 2.05) is 49.4 Å². The lowest BCUT2D eigenvalue weighted by molar-refractivity contribution is 0.0971. The van der Waals surface area contributed by atoms with Crippen molar-refractivity contribution in [2.24, 2.45) is 0 Å². The Morgan fingerprint density at radius 2 is 1.89 bits per heavy atom. The highest BCUT2D eigenvalue weighted by molar-refractivity contribution is 7.22. The Morgan fingerprint density at radius 1 is 1.05 bits per heavy atom. The van der Waals surface area contributed by atoms with Crippen molar-refractivity contribution in [3.63, 3.8) is 0 Å². The van der Waals surface area contributed by atoms with Gasteiger partial charge in [0.25, 0.3) is 5.91 Å². The van der Waals surface area contributed by atoms with Crippen LogP contribution in [0, 0.1) is 0 Å². The largest absolute Gasteiger partial charge is 0.494 e. The summed E-state index contributed by atoms with van der Waals surface area (Å²) in [6.07, 6.45) is 1.66. The van der Waals surface area contributed by atoms with Crippen LogP contribution in [0.5, 0.6) is 11.5 Å². The zero-order valence-corrected chi connectivity index (χ0v) is 20.8. The zero-order chi connectivity index (χ0) is 25.5. The van der Waals surface area contributed by atoms with E-state index in [1.165, 1.54) is 11.3 Å². The number of ether oxygens (including phenoxy) is 2. The molecule has 37 heavy (non-hydrogen) atoms. The van der Waals surface area contributed by atoms with Crippen molar-refractivity contribution in [3.05, 3.63) is 106 Å². The van der Waals surface area contributed by atoms with Gasteiger partial charge in [0, 0.05) is 0 Å². The summed E-state index contributed by atoms with van der Waals surface area (Å²) in [4.78, 5) is 33.9. The average molecular weight is 511 g/mol. The van der Waals surface area contributed by atoms with E-state index >= 15 is 0 Å². The highest BCUT2D eigenvalue weighted by Gasteiger charge is 2.45. The highest BCUT2D eigenvalue weighted by Crippen LogP contribution is 2.44. The molecule has 8 heteroatoms. The lowest BCUT2D eigenvalue weighted by Crippen LogP contribution is -2.29. The van der Waals surface area contributed by atoms with Gasteiger partial charge in [-0.1, -0.05) is 48.3 Å². The third kappa shape index (κ3) is 3.86. The maximum atomic E-state index is 13.9. The van der Waals surface area contributed by atoms with Crippen LogP contribution in [0.25, 0.3) is 21.2 Å². The van der Waals surface area contributed by atoms with Crippen LogP contribution in [-0.2, 0) is 0 Å². The van der Waals surface area contributed by atoms with E-state index in [1.54, 1.807) is 35.2 Å². The molecule has 3 heterocycles. The van der Waals surface area contributed by atoms with Gasteiger partial charge in [0.15, 0.2) is 10.6 Å². The minimum Gasteiger partial charge on any atom is -0.494 e. The third-order valence-corrected chi connectivity index (χ3v) is 7.20. The van der Waals surface area contributed by atoms with Crippen LogP contribution < -0.4 is 19.8 Å². The molecule has 0 saturated carbocycles. The Kier molecular flexibility index (Phi) is 5.73. The monoisotopic (exact) mass is 510 g/mol. The van der Waals surface area contributed by atoms with Crippen LogP contribution in [0.15, 0.2) is 88.6 Å². The van der Waals surface area contributed by atoms with Crippen molar-refractivity contribution in [1.29, 1.82) is 0 Å². The standard InChI is InChI=1S/C29H22N2O5S/c1-3-14-35-18-9-7-8-17(15-18)25-24-26(32)20-10-5-6-11-22(20)36-27(24)28(33)31(25)29-30-21-13-12-19(34-4-2)16-23(21)37-29/h3,5-13,15-16,25H,1,4,14H2,2H3/t25-/m0/s1. The Morgan fingerprint density at radius 3 is 2.73 bits per heavy atom. The molecule has 0 unspecified atom stereocenters. The summed E-state index contributed by atoms with van der Waals surface area (Å²) in [5.41, 5.74) is 1.87. The van der Waals surface area contributed by atoms with E-state index in [-0.39, 0.29) is 11.2 Å². The number of benzene rings is 3. The van der Waals surface area contributed by atoms with Gasteiger partial charge in [-0.15, -0.1) is 0 Å². The van der Waals surface area contributed by atoms with Gasteiger partial charge in [0.1, 0.15) is 23.7 Å². The maximum absolute atomic E-state index is 13.9. The lowest BCUT2D eigenvalue weighted by Gasteiger charge is -2.23. The fourth-order valence-corrected chi connectivity index (χ4v) is 5.63. The molecule has 7 nitrogen and oxygen atoms in total. The first-order chi connectivity index (χ1) is 18.1. The number of carbonyl (C=O) groups excluding carboxylic acids is 1. The minimum atomic E-state index is -0.734. The Hall–Kier alpha value is -4.43. The first-order valence-electron chi connectivity index (χ1n) is 11.9. The van der Waals surface area contributed by atoms with Crippen LogP contribution in [0.4, 0.5) is 5.13 Å². The summed E-state index contributed by atoms with van der Waals surface area (Å²) in [7, 11) is 0. The number of fused-ring (bicyclic) bond motifs is 3. The summed E-state index contributed by atoms with van der Waals surface area (Å²) in [5, 5.41) is 0.886. The molecule has 2 aromatic heterocycles. The first kappa shape index (κ1) is 23.0. The van der Waals surface area contributed by atoms with Crippen molar-refractivity contribution < 1.29 is 18.7 Å². The topological polar surface area (TPSA) is 81.9 Å². The van der Waals surface area contributed by atoms with Gasteiger partial charge in [0.05, 0.1) is 33.8 Å². The smallest absolute Gasteiger partial charge is 0.297 e. The second-order valence-corrected chi connectivity index (χ2v) is 9.49. The van der Waals surface area contributed by atoms with Gasteiger partial charge < -0.3 is 13.9 Å². The average Bonchev–Trinajstić information content (AvgIpc) is 3.46. The van der Waals surface area contributed by atoms with Crippen molar-refractivity contribution in [2.75, 3.05) is 18.1 Å². The quantitative estimate of drug-likeness (QED) is 0.246. The van der Waals surface area contributed by atoms with Crippen molar-refractivity contribution in [1.82, 2.24) is 4.98 Å². The number of carbonyl (C=O) groups is 1. The van der Waals surface area contributed by atoms with Gasteiger partial charge in [0.2, 0.25) is 5.76 Å². The summed E-state index contributed by atoms with van der Waals surface area (Å²) < 4.78 is 18.3. The molecule has 0 bridgehead atoms. The molecule has 0 radical (unpaired) electrons. The van der Waals surface area contributed by atoms with E-state index in [9.17, 15) is 9.59 Å². The first-order valence-corrected chi connectivity index (χ1v) is 12.7. The molecule has 1 amide bonds. The van der Waals surface area contributed by atoms with Crippen molar-refractivity contribution in [3.8, 4) is 11.5 Å². The van der Waals surface area contributed by atoms with Crippen LogP contribution in [0.2, 0.25) is 0 Å². The maximum Gasteiger partial charge on any atom is 0.297 e. The van der Waals surface area contributed by atoms with E-state index in [4.69, 9.17) is 18.9 Å². The molecule has 1 aliphatic heterocycles. The lowest BCUT2D eigenvalue weighted by atomic mass is 9.98. The molecule has 0 N–H and O–H groups in total. The number of nitrogens with zero attached hydrogens (tertiary/aromatic N) is 2. The molecule has 6 rings (SSSR count). The molecule has 0 aliphatic carbocycles. The van der Waals surface area contributed by atoms with E-state index < -0.39 is 11.9 Å². The highest BCUT2D eigenvalue weighted by atomic mass is 32.1. The number of amides is 1. The van der Waals surface area contributed by atoms with E-state index in [0.29, 0.717) is 46.2 Å². The normalized spacial score (nSPS) is 14.8. The fourth-order valence-electron chi connectivity index (χ4n) is 4.61. The molecule has 1 atom stereocenters. The van der Waals surface area contributed by atoms with Gasteiger partial charge >= 0.3 is 0 Å². The number of hydrogen-bond donors (Lipinski definition) is 0. The molecule has 0 spiro atoms. The van der Waals surface area contributed by atoms with Crippen molar-refractivity contribution >= 4 is 43.6 Å². The molecular formula is C29H22N2O5S. The predicted molar refractivity (Wildman–Crippen MR) is 144 cm³/mol. The Bertz CT molecular complexity index is 1740. The van der Waals surface area contributed by atoms with E-state index in [0.717, 1.165) is 16.0 Å². The molecule has 5 aromatic rings. The van der Waals surface area contributed by atoms with Crippen molar-refractivity contribution in [2.45, 2.75) is 13.0 Å². The SMILES string of the molecule is C=CCOc1cccc([C@H]2c3c(oc4ccccc4c3=O)C(=O)N2c2nc3ccc(OCC)cc3s2)c1. The van der Waals surface area contributed by atoms with E-state index in [2.05, 4.69) is 6.58 Å². The number of aromatic nitrogens is 1. The Labute approximate surface area is 216 Å². The summed E-state index contributed by atoms with van der Waals surface area (Å²) in [6.45, 7) is 6.50. The molecule has 0 fully saturated rings. The second kappa shape index (κ2) is 9.22. The second-order valence-electron chi connectivity index (χ2n) is 8.48. The predicted octanol–water partition coefficient (Wildman–Crippen LogP) is 6.12. The van der Waals surface area contributed by atoms with Gasteiger partial charge in [-0.05, 0) is 55.0 Å². The van der Waals surface area contributed by atoms with Gasteiger partial charge in [-0.3, -0.25) is 14.5 Å². The van der Waals surface area contributed by atoms with Crippen LogP contribution in [-0.4, -0.2) is 24.1 Å². The number of rotatable bonds is 7. The molecule has 184 valence electrons. The number of para-hydroxylation sites is 1. The summed E-state index contributed by atoms with van der Waals surface area (Å²) in [6, 6.07) is 19.2. The minimum absolute atomic E-state index is 0.0281. The Balaban J connectivity index is 1.56.